The van der Waals surface area contributed by atoms with Gasteiger partial charge in [-0.25, -0.2) is 9.97 Å². The third kappa shape index (κ3) is 3.90. The topological polar surface area (TPSA) is 78.3 Å². The summed E-state index contributed by atoms with van der Waals surface area (Å²) < 4.78 is 37.2. The number of halogens is 2. The molecule has 2 aromatic heterocycles. The van der Waals surface area contributed by atoms with Gasteiger partial charge >= 0.3 is 6.55 Å². The predicted octanol–water partition coefficient (Wildman–Crippen LogP) is 3.98. The first-order valence-electron chi connectivity index (χ1n) is 7.76. The number of rotatable bonds is 6. The third-order valence-corrected chi connectivity index (χ3v) is 4.78. The Morgan fingerprint density at radius 1 is 1.22 bits per heavy atom. The van der Waals surface area contributed by atoms with Crippen LogP contribution in [0.5, 0.6) is 11.5 Å². The molecule has 0 saturated heterocycles. The molecule has 0 aliphatic carbocycles. The number of alkyl halides is 2. The molecule has 0 saturated carbocycles. The summed E-state index contributed by atoms with van der Waals surface area (Å²) >= 11 is 1.07. The lowest BCUT2D eigenvalue weighted by Gasteiger charge is -2.08. The fraction of sp³-hybridized carbons (Fsp3) is 0.235. The Kier molecular flexibility index (Phi) is 5.36. The number of carbonyl (C=O) groups excluding carboxylic acids is 1. The lowest BCUT2D eigenvalue weighted by molar-refractivity contribution is 0.0720. The van der Waals surface area contributed by atoms with E-state index in [1.807, 2.05) is 0 Å². The summed E-state index contributed by atoms with van der Waals surface area (Å²) in [7, 11) is 2.97. The van der Waals surface area contributed by atoms with Crippen molar-refractivity contribution in [3.63, 3.8) is 0 Å². The third-order valence-electron chi connectivity index (χ3n) is 3.71. The number of aryl methyl sites for hydroxylation is 1. The van der Waals surface area contributed by atoms with E-state index in [2.05, 4.69) is 15.3 Å². The van der Waals surface area contributed by atoms with E-state index in [0.29, 0.717) is 27.6 Å². The number of amides is 1. The minimum absolute atomic E-state index is 0.101. The SMILES string of the molecule is COc1cc(OC)cc(C(=O)Nc2nc(C)c(-c3nccn3C(F)F)s2)c1. The molecule has 7 nitrogen and oxygen atoms in total. The number of benzene rings is 1. The number of hydrogen-bond donors (Lipinski definition) is 1. The molecule has 1 amide bonds. The van der Waals surface area contributed by atoms with Crippen LogP contribution < -0.4 is 14.8 Å². The van der Waals surface area contributed by atoms with Gasteiger partial charge in [0.2, 0.25) is 0 Å². The number of aromatic nitrogens is 3. The van der Waals surface area contributed by atoms with Crippen molar-refractivity contribution in [1.82, 2.24) is 14.5 Å². The van der Waals surface area contributed by atoms with Gasteiger partial charge in [0, 0.05) is 24.0 Å². The molecule has 27 heavy (non-hydrogen) atoms. The second kappa shape index (κ2) is 7.70. The van der Waals surface area contributed by atoms with Crippen LogP contribution in [0.1, 0.15) is 22.6 Å². The molecule has 0 aliphatic rings. The first kappa shape index (κ1) is 18.8. The van der Waals surface area contributed by atoms with Gasteiger partial charge in [-0.05, 0) is 19.1 Å². The predicted molar refractivity (Wildman–Crippen MR) is 96.8 cm³/mol. The largest absolute Gasteiger partial charge is 0.497 e. The lowest BCUT2D eigenvalue weighted by atomic mass is 10.2. The maximum absolute atomic E-state index is 13.1. The Balaban J connectivity index is 1.87. The van der Waals surface area contributed by atoms with Gasteiger partial charge in [0.1, 0.15) is 11.5 Å². The fourth-order valence-corrected chi connectivity index (χ4v) is 3.37. The molecule has 1 aromatic carbocycles. The summed E-state index contributed by atoms with van der Waals surface area (Å²) in [5.74, 6) is 0.609. The lowest BCUT2D eigenvalue weighted by Crippen LogP contribution is -2.12. The highest BCUT2D eigenvalue weighted by molar-refractivity contribution is 7.19. The molecule has 2 heterocycles. The van der Waals surface area contributed by atoms with Gasteiger partial charge in [-0.1, -0.05) is 11.3 Å². The molecule has 10 heteroatoms. The highest BCUT2D eigenvalue weighted by atomic mass is 32.1. The van der Waals surface area contributed by atoms with E-state index >= 15 is 0 Å². The van der Waals surface area contributed by atoms with Crippen molar-refractivity contribution in [1.29, 1.82) is 0 Å². The van der Waals surface area contributed by atoms with E-state index in [0.717, 1.165) is 15.9 Å². The Labute approximate surface area is 157 Å². The molecular weight excluding hydrogens is 378 g/mol. The second-order valence-corrected chi connectivity index (χ2v) is 6.42. The Bertz CT molecular complexity index is 949. The number of imidazole rings is 1. The molecule has 142 valence electrons. The molecule has 1 N–H and O–H groups in total. The van der Waals surface area contributed by atoms with Crippen molar-refractivity contribution in [2.24, 2.45) is 0 Å². The van der Waals surface area contributed by atoms with E-state index < -0.39 is 12.5 Å². The number of nitrogens with zero attached hydrogens (tertiary/aromatic N) is 3. The Hall–Kier alpha value is -3.01. The van der Waals surface area contributed by atoms with Crippen molar-refractivity contribution < 1.29 is 23.0 Å². The van der Waals surface area contributed by atoms with Gasteiger partial charge in [-0.15, -0.1) is 0 Å². The number of hydrogen-bond acceptors (Lipinski definition) is 6. The molecule has 0 spiro atoms. The first-order valence-corrected chi connectivity index (χ1v) is 8.57. The highest BCUT2D eigenvalue weighted by Gasteiger charge is 2.20. The summed E-state index contributed by atoms with van der Waals surface area (Å²) in [5.41, 5.74) is 0.807. The maximum atomic E-state index is 13.1. The van der Waals surface area contributed by atoms with Crippen molar-refractivity contribution in [2.45, 2.75) is 13.5 Å². The van der Waals surface area contributed by atoms with Gasteiger partial charge in [0.25, 0.3) is 5.91 Å². The zero-order chi connectivity index (χ0) is 19.6. The summed E-state index contributed by atoms with van der Waals surface area (Å²) in [6.45, 7) is -1.05. The molecule has 0 aliphatic heterocycles. The van der Waals surface area contributed by atoms with Gasteiger partial charge < -0.3 is 9.47 Å². The minimum atomic E-state index is -2.72. The number of carbonyl (C=O) groups is 1. The van der Waals surface area contributed by atoms with Gasteiger partial charge in [-0.2, -0.15) is 8.78 Å². The molecule has 0 radical (unpaired) electrons. The summed E-state index contributed by atoms with van der Waals surface area (Å²) in [4.78, 5) is 21.2. The number of methoxy groups -OCH3 is 2. The Morgan fingerprint density at radius 2 is 1.89 bits per heavy atom. The van der Waals surface area contributed by atoms with Gasteiger partial charge in [-0.3, -0.25) is 14.7 Å². The normalized spacial score (nSPS) is 10.9. The van der Waals surface area contributed by atoms with Crippen LogP contribution in [0, 0.1) is 6.92 Å². The summed E-state index contributed by atoms with van der Waals surface area (Å²) in [5, 5.41) is 2.94. The van der Waals surface area contributed by atoms with E-state index in [-0.39, 0.29) is 11.0 Å². The Morgan fingerprint density at radius 3 is 2.48 bits per heavy atom. The van der Waals surface area contributed by atoms with Crippen LogP contribution in [0.15, 0.2) is 30.6 Å². The zero-order valence-electron chi connectivity index (χ0n) is 14.7. The molecule has 0 unspecified atom stereocenters. The molecule has 0 atom stereocenters. The van der Waals surface area contributed by atoms with E-state index in [1.54, 1.807) is 25.1 Å². The zero-order valence-corrected chi connectivity index (χ0v) is 15.5. The van der Waals surface area contributed by atoms with Gasteiger partial charge in [0.15, 0.2) is 11.0 Å². The number of thiazole rings is 1. The average molecular weight is 394 g/mol. The van der Waals surface area contributed by atoms with Crippen molar-refractivity contribution in [2.75, 3.05) is 19.5 Å². The highest BCUT2D eigenvalue weighted by Crippen LogP contribution is 2.34. The standard InChI is InChI=1S/C17H16F2N4O3S/c1-9-13(14-20-4-5-23(14)16(18)19)27-17(21-9)22-15(24)10-6-11(25-2)8-12(7-10)26-3/h4-8,16H,1-3H3,(H,21,22,24). The van der Waals surface area contributed by atoms with Crippen LogP contribution in [0.3, 0.4) is 0 Å². The van der Waals surface area contributed by atoms with Crippen molar-refractivity contribution in [3.8, 4) is 22.2 Å². The molecule has 0 bridgehead atoms. The van der Waals surface area contributed by atoms with E-state index in [9.17, 15) is 13.6 Å². The molecule has 3 rings (SSSR count). The van der Waals surface area contributed by atoms with E-state index in [4.69, 9.17) is 9.47 Å². The van der Waals surface area contributed by atoms with Gasteiger partial charge in [0.05, 0.1) is 24.8 Å². The van der Waals surface area contributed by atoms with Crippen LogP contribution in [0.2, 0.25) is 0 Å². The summed E-state index contributed by atoms with van der Waals surface area (Å²) in [6, 6.07) is 4.76. The van der Waals surface area contributed by atoms with Crippen LogP contribution in [0.4, 0.5) is 13.9 Å². The van der Waals surface area contributed by atoms with Crippen LogP contribution in [-0.4, -0.2) is 34.7 Å². The second-order valence-electron chi connectivity index (χ2n) is 5.42. The monoisotopic (exact) mass is 394 g/mol. The molecular formula is C17H16F2N4O3S. The van der Waals surface area contributed by atoms with Crippen LogP contribution in [-0.2, 0) is 0 Å². The van der Waals surface area contributed by atoms with Crippen molar-refractivity contribution in [3.05, 3.63) is 41.9 Å². The average Bonchev–Trinajstić information content (AvgIpc) is 3.27. The number of anilines is 1. The summed E-state index contributed by atoms with van der Waals surface area (Å²) in [6.07, 6.45) is 2.49. The molecule has 3 aromatic rings. The maximum Gasteiger partial charge on any atom is 0.320 e. The van der Waals surface area contributed by atoms with Crippen molar-refractivity contribution >= 4 is 22.4 Å². The van der Waals surface area contributed by atoms with E-state index in [1.165, 1.54) is 26.6 Å². The number of ether oxygens (including phenoxy) is 2. The molecule has 0 fully saturated rings. The van der Waals surface area contributed by atoms with Crippen LogP contribution >= 0.6 is 11.3 Å². The quantitative estimate of drug-likeness (QED) is 0.684. The first-order chi connectivity index (χ1) is 12.9. The fourth-order valence-electron chi connectivity index (χ4n) is 2.41. The van der Waals surface area contributed by atoms with Crippen LogP contribution in [0.25, 0.3) is 10.7 Å². The minimum Gasteiger partial charge on any atom is -0.497 e. The number of nitrogens with one attached hydrogen (secondary N) is 1. The smallest absolute Gasteiger partial charge is 0.320 e.